The Kier molecular flexibility index (Phi) is 4.92. The Hall–Kier alpha value is -5.22. The topological polar surface area (TPSA) is 51.0 Å². The monoisotopic (exact) mass is 512 g/mol. The fraction of sp³-hybridized carbons (Fsp3) is 0.0556. The van der Waals surface area contributed by atoms with Crippen molar-refractivity contribution in [2.45, 2.75) is 12.3 Å². The molecule has 1 atom stereocenters. The molecule has 0 amide bonds. The van der Waals surface area contributed by atoms with Gasteiger partial charge in [-0.15, -0.1) is 0 Å². The third kappa shape index (κ3) is 3.33. The van der Waals surface area contributed by atoms with E-state index in [2.05, 4.69) is 73.7 Å². The molecule has 1 aromatic heterocycles. The number of benzene rings is 5. The molecule has 0 radical (unpaired) electrons. The minimum atomic E-state index is -0.331. The van der Waals surface area contributed by atoms with E-state index in [9.17, 15) is 0 Å². The van der Waals surface area contributed by atoms with Crippen molar-refractivity contribution >= 4 is 11.4 Å². The Morgan fingerprint density at radius 2 is 0.975 bits per heavy atom. The van der Waals surface area contributed by atoms with Gasteiger partial charge < -0.3 is 0 Å². The first-order valence-corrected chi connectivity index (χ1v) is 13.5. The van der Waals surface area contributed by atoms with Crippen LogP contribution in [0.2, 0.25) is 0 Å². The zero-order chi connectivity index (χ0) is 26.7. The highest BCUT2D eigenvalue weighted by atomic mass is 15.0. The van der Waals surface area contributed by atoms with Crippen LogP contribution in [0.25, 0.3) is 45.3 Å². The van der Waals surface area contributed by atoms with Crippen molar-refractivity contribution in [1.82, 2.24) is 15.0 Å². The van der Waals surface area contributed by atoms with E-state index in [1.165, 1.54) is 27.8 Å². The Bertz CT molecular complexity index is 1900. The molecule has 6 aromatic rings. The summed E-state index contributed by atoms with van der Waals surface area (Å²) in [4.78, 5) is 20.0. The standard InChI is InChI=1S/C36H24N4/c1-36-29-19-11-10-17-27(29)26-16-8-9-18-28(26)32(36)37-31-22-25(20-21-30(31)36)35-39-33(23-12-4-2-5-13-23)38-34(40-35)24-14-6-3-7-15-24/h2-22H,1H3. The normalized spacial score (nSPS) is 16.4. The van der Waals surface area contributed by atoms with E-state index in [1.807, 2.05) is 60.7 Å². The molecule has 0 bridgehead atoms. The molecular formula is C36H24N4. The molecule has 4 heteroatoms. The minimum Gasteiger partial charge on any atom is -0.251 e. The Morgan fingerprint density at radius 1 is 0.450 bits per heavy atom. The Morgan fingerprint density at radius 3 is 1.62 bits per heavy atom. The molecule has 8 rings (SSSR count). The molecular weight excluding hydrogens is 488 g/mol. The largest absolute Gasteiger partial charge is 0.251 e. The fourth-order valence-electron chi connectivity index (χ4n) is 6.16. The first-order valence-electron chi connectivity index (χ1n) is 13.5. The van der Waals surface area contributed by atoms with Crippen LogP contribution in [-0.2, 0) is 5.41 Å². The molecule has 0 N–H and O–H groups in total. The van der Waals surface area contributed by atoms with Crippen molar-refractivity contribution < 1.29 is 0 Å². The van der Waals surface area contributed by atoms with Crippen molar-refractivity contribution in [2.75, 3.05) is 0 Å². The molecule has 0 saturated carbocycles. The molecule has 1 unspecified atom stereocenters. The molecule has 2 heterocycles. The summed E-state index contributed by atoms with van der Waals surface area (Å²) in [6, 6.07) is 43.9. The highest BCUT2D eigenvalue weighted by molar-refractivity contribution is 6.20. The highest BCUT2D eigenvalue weighted by Crippen LogP contribution is 2.53. The third-order valence-electron chi connectivity index (χ3n) is 8.14. The average molecular weight is 513 g/mol. The summed E-state index contributed by atoms with van der Waals surface area (Å²) in [5, 5.41) is 0. The van der Waals surface area contributed by atoms with Crippen molar-refractivity contribution in [1.29, 1.82) is 0 Å². The zero-order valence-electron chi connectivity index (χ0n) is 21.9. The number of aromatic nitrogens is 3. The molecule has 4 nitrogen and oxygen atoms in total. The van der Waals surface area contributed by atoms with Gasteiger partial charge in [0.15, 0.2) is 17.5 Å². The van der Waals surface area contributed by atoms with E-state index in [1.54, 1.807) is 0 Å². The molecule has 0 fully saturated rings. The summed E-state index contributed by atoms with van der Waals surface area (Å²) in [7, 11) is 0. The second-order valence-electron chi connectivity index (χ2n) is 10.4. The molecule has 1 aliphatic heterocycles. The minimum absolute atomic E-state index is 0.331. The molecule has 5 aromatic carbocycles. The van der Waals surface area contributed by atoms with Crippen molar-refractivity contribution in [3.8, 4) is 45.3 Å². The fourth-order valence-corrected chi connectivity index (χ4v) is 6.16. The number of hydrogen-bond acceptors (Lipinski definition) is 4. The predicted octanol–water partition coefficient (Wildman–Crippen LogP) is 8.29. The van der Waals surface area contributed by atoms with Crippen LogP contribution in [0.4, 0.5) is 5.69 Å². The maximum absolute atomic E-state index is 5.28. The van der Waals surface area contributed by atoms with Gasteiger partial charge in [-0.1, -0.05) is 121 Å². The van der Waals surface area contributed by atoms with Gasteiger partial charge in [-0.25, -0.2) is 15.0 Å². The molecule has 0 saturated heterocycles. The summed E-state index contributed by atoms with van der Waals surface area (Å²) in [6.07, 6.45) is 0. The lowest BCUT2D eigenvalue weighted by Gasteiger charge is -2.36. The van der Waals surface area contributed by atoms with Crippen LogP contribution in [0.15, 0.2) is 132 Å². The van der Waals surface area contributed by atoms with Crippen LogP contribution in [0.5, 0.6) is 0 Å². The van der Waals surface area contributed by atoms with Crippen LogP contribution in [-0.4, -0.2) is 20.7 Å². The maximum atomic E-state index is 5.28. The predicted molar refractivity (Wildman–Crippen MR) is 161 cm³/mol. The summed E-state index contributed by atoms with van der Waals surface area (Å²) < 4.78 is 0. The quantitative estimate of drug-likeness (QED) is 0.240. The first kappa shape index (κ1) is 22.7. The Balaban J connectivity index is 1.32. The Labute approximate surface area is 232 Å². The van der Waals surface area contributed by atoms with E-state index < -0.39 is 0 Å². The van der Waals surface area contributed by atoms with Gasteiger partial charge in [0.25, 0.3) is 0 Å². The molecule has 1 aliphatic carbocycles. The van der Waals surface area contributed by atoms with Gasteiger partial charge in [0, 0.05) is 22.3 Å². The summed E-state index contributed by atoms with van der Waals surface area (Å²) in [5.74, 6) is 1.94. The summed E-state index contributed by atoms with van der Waals surface area (Å²) in [6.45, 7) is 2.30. The molecule has 188 valence electrons. The lowest BCUT2D eigenvalue weighted by molar-refractivity contribution is 0.790. The van der Waals surface area contributed by atoms with Crippen LogP contribution in [0, 0.1) is 0 Å². The van der Waals surface area contributed by atoms with Crippen molar-refractivity contribution in [3.63, 3.8) is 0 Å². The van der Waals surface area contributed by atoms with Crippen LogP contribution in [0.3, 0.4) is 0 Å². The smallest absolute Gasteiger partial charge is 0.164 e. The van der Waals surface area contributed by atoms with Gasteiger partial charge in [0.2, 0.25) is 0 Å². The third-order valence-corrected chi connectivity index (χ3v) is 8.14. The molecule has 2 aliphatic rings. The lowest BCUT2D eigenvalue weighted by atomic mass is 9.65. The maximum Gasteiger partial charge on any atom is 0.164 e. The van der Waals surface area contributed by atoms with Gasteiger partial charge in [-0.2, -0.15) is 0 Å². The van der Waals surface area contributed by atoms with E-state index >= 15 is 0 Å². The number of rotatable bonds is 3. The van der Waals surface area contributed by atoms with E-state index in [4.69, 9.17) is 19.9 Å². The number of nitrogens with zero attached hydrogens (tertiary/aromatic N) is 4. The van der Waals surface area contributed by atoms with E-state index in [-0.39, 0.29) is 5.41 Å². The second-order valence-corrected chi connectivity index (χ2v) is 10.4. The summed E-state index contributed by atoms with van der Waals surface area (Å²) >= 11 is 0. The zero-order valence-corrected chi connectivity index (χ0v) is 21.9. The second kappa shape index (κ2) is 8.65. The van der Waals surface area contributed by atoms with Gasteiger partial charge in [0.1, 0.15) is 0 Å². The number of fused-ring (bicyclic) bond motifs is 8. The van der Waals surface area contributed by atoms with Crippen LogP contribution >= 0.6 is 0 Å². The molecule has 40 heavy (non-hydrogen) atoms. The summed E-state index contributed by atoms with van der Waals surface area (Å²) in [5.41, 5.74) is 10.8. The van der Waals surface area contributed by atoms with Crippen LogP contribution < -0.4 is 0 Å². The van der Waals surface area contributed by atoms with Gasteiger partial charge >= 0.3 is 0 Å². The number of aliphatic imine (C=N–C) groups is 1. The SMILES string of the molecule is CC12C(=Nc3cc(-c4nc(-c5ccccc5)nc(-c5ccccc5)n4)ccc31)c1ccccc1-c1ccccc12. The van der Waals surface area contributed by atoms with Gasteiger partial charge in [-0.3, -0.25) is 4.99 Å². The van der Waals surface area contributed by atoms with E-state index in [0.717, 1.165) is 28.1 Å². The first-order chi connectivity index (χ1) is 19.7. The van der Waals surface area contributed by atoms with Crippen LogP contribution in [0.1, 0.15) is 23.6 Å². The van der Waals surface area contributed by atoms with Crippen molar-refractivity contribution in [3.05, 3.63) is 144 Å². The van der Waals surface area contributed by atoms with E-state index in [0.29, 0.717) is 17.5 Å². The lowest BCUT2D eigenvalue weighted by Crippen LogP contribution is -2.35. The molecule has 0 spiro atoms. The van der Waals surface area contributed by atoms with Crippen molar-refractivity contribution in [2.24, 2.45) is 4.99 Å². The highest BCUT2D eigenvalue weighted by Gasteiger charge is 2.46. The average Bonchev–Trinajstić information content (AvgIpc) is 3.35. The number of hydrogen-bond donors (Lipinski definition) is 0. The van der Waals surface area contributed by atoms with Gasteiger partial charge in [-0.05, 0) is 35.2 Å². The van der Waals surface area contributed by atoms with Gasteiger partial charge in [0.05, 0.1) is 16.8 Å².